The maximum atomic E-state index is 13.1. The Kier molecular flexibility index (Phi) is 3.91. The van der Waals surface area contributed by atoms with Gasteiger partial charge in [0.05, 0.1) is 10.6 Å². The molecule has 0 aromatic heterocycles. The topological polar surface area (TPSA) is 72.2 Å². The SMILES string of the molecule is Cc1cc(F)ccc1S(=O)(=O)Nc1c(C)cc(N)cc1C. The third-order valence-electron chi connectivity index (χ3n) is 3.22. The van der Waals surface area contributed by atoms with Crippen LogP contribution < -0.4 is 10.5 Å². The van der Waals surface area contributed by atoms with Crippen molar-refractivity contribution in [2.24, 2.45) is 0 Å². The van der Waals surface area contributed by atoms with Gasteiger partial charge in [-0.25, -0.2) is 12.8 Å². The van der Waals surface area contributed by atoms with E-state index in [0.29, 0.717) is 16.9 Å². The normalized spacial score (nSPS) is 11.4. The first-order valence-electron chi connectivity index (χ1n) is 6.36. The fourth-order valence-corrected chi connectivity index (χ4v) is 3.69. The Bertz CT molecular complexity index is 778. The third kappa shape index (κ3) is 3.16. The minimum atomic E-state index is -3.78. The van der Waals surface area contributed by atoms with E-state index in [9.17, 15) is 12.8 Å². The summed E-state index contributed by atoms with van der Waals surface area (Å²) in [6, 6.07) is 6.97. The number of nitrogen functional groups attached to an aromatic ring is 1. The second-order valence-corrected chi connectivity index (χ2v) is 6.70. The quantitative estimate of drug-likeness (QED) is 0.856. The Labute approximate surface area is 123 Å². The van der Waals surface area contributed by atoms with Gasteiger partial charge in [-0.3, -0.25) is 4.72 Å². The van der Waals surface area contributed by atoms with E-state index in [2.05, 4.69) is 4.72 Å². The van der Waals surface area contributed by atoms with Gasteiger partial charge >= 0.3 is 0 Å². The molecule has 0 bridgehead atoms. The van der Waals surface area contributed by atoms with Crippen molar-refractivity contribution < 1.29 is 12.8 Å². The smallest absolute Gasteiger partial charge is 0.262 e. The highest BCUT2D eigenvalue weighted by atomic mass is 32.2. The average molecular weight is 308 g/mol. The molecule has 2 aromatic carbocycles. The average Bonchev–Trinajstić information content (AvgIpc) is 2.33. The second-order valence-electron chi connectivity index (χ2n) is 5.05. The van der Waals surface area contributed by atoms with Crippen LogP contribution in [0.4, 0.5) is 15.8 Å². The van der Waals surface area contributed by atoms with Crippen molar-refractivity contribution in [1.82, 2.24) is 0 Å². The molecule has 0 aliphatic rings. The van der Waals surface area contributed by atoms with E-state index in [-0.39, 0.29) is 4.90 Å². The summed E-state index contributed by atoms with van der Waals surface area (Å²) in [6.07, 6.45) is 0. The molecule has 0 aliphatic heterocycles. The highest BCUT2D eigenvalue weighted by molar-refractivity contribution is 7.92. The second kappa shape index (κ2) is 5.37. The maximum Gasteiger partial charge on any atom is 0.262 e. The number of hydrogen-bond donors (Lipinski definition) is 2. The predicted molar refractivity (Wildman–Crippen MR) is 82.3 cm³/mol. The van der Waals surface area contributed by atoms with Crippen molar-refractivity contribution in [2.75, 3.05) is 10.5 Å². The molecule has 0 atom stereocenters. The Morgan fingerprint density at radius 1 is 1.00 bits per heavy atom. The lowest BCUT2D eigenvalue weighted by atomic mass is 10.1. The molecule has 0 fully saturated rings. The molecular weight excluding hydrogens is 291 g/mol. The molecule has 21 heavy (non-hydrogen) atoms. The van der Waals surface area contributed by atoms with E-state index in [1.165, 1.54) is 12.1 Å². The van der Waals surface area contributed by atoms with E-state index in [1.54, 1.807) is 32.9 Å². The van der Waals surface area contributed by atoms with E-state index in [0.717, 1.165) is 17.2 Å². The summed E-state index contributed by atoms with van der Waals surface area (Å²) in [6.45, 7) is 5.11. The first-order valence-corrected chi connectivity index (χ1v) is 7.85. The van der Waals surface area contributed by atoms with Crippen LogP contribution in [0.25, 0.3) is 0 Å². The van der Waals surface area contributed by atoms with Gasteiger partial charge in [0.2, 0.25) is 0 Å². The molecular formula is C15H17FN2O2S. The van der Waals surface area contributed by atoms with Crippen LogP contribution >= 0.6 is 0 Å². The summed E-state index contributed by atoms with van der Waals surface area (Å²) in [4.78, 5) is 0.0551. The van der Waals surface area contributed by atoms with Gasteiger partial charge in [0.15, 0.2) is 0 Å². The molecule has 0 amide bonds. The summed E-state index contributed by atoms with van der Waals surface area (Å²) in [7, 11) is -3.78. The monoisotopic (exact) mass is 308 g/mol. The van der Waals surface area contributed by atoms with Crippen LogP contribution in [-0.4, -0.2) is 8.42 Å². The lowest BCUT2D eigenvalue weighted by Gasteiger charge is -2.15. The van der Waals surface area contributed by atoms with Crippen molar-refractivity contribution in [2.45, 2.75) is 25.7 Å². The largest absolute Gasteiger partial charge is 0.399 e. The minimum absolute atomic E-state index is 0.0551. The van der Waals surface area contributed by atoms with Crippen molar-refractivity contribution in [3.8, 4) is 0 Å². The first-order chi connectivity index (χ1) is 9.70. The van der Waals surface area contributed by atoms with Crippen molar-refractivity contribution in [3.05, 3.63) is 52.8 Å². The Hall–Kier alpha value is -2.08. The van der Waals surface area contributed by atoms with E-state index in [4.69, 9.17) is 5.73 Å². The van der Waals surface area contributed by atoms with E-state index in [1.807, 2.05) is 0 Å². The third-order valence-corrected chi connectivity index (χ3v) is 4.73. The Morgan fingerprint density at radius 3 is 2.10 bits per heavy atom. The number of hydrogen-bond acceptors (Lipinski definition) is 3. The fourth-order valence-electron chi connectivity index (χ4n) is 2.26. The molecule has 0 saturated heterocycles. The number of rotatable bonds is 3. The van der Waals surface area contributed by atoms with Gasteiger partial charge in [-0.05, 0) is 67.8 Å². The number of benzene rings is 2. The van der Waals surface area contributed by atoms with Gasteiger partial charge in [-0.15, -0.1) is 0 Å². The number of nitrogens with one attached hydrogen (secondary N) is 1. The van der Waals surface area contributed by atoms with Crippen LogP contribution in [0, 0.1) is 26.6 Å². The predicted octanol–water partition coefficient (Wildman–Crippen LogP) is 3.13. The molecule has 0 radical (unpaired) electrons. The van der Waals surface area contributed by atoms with E-state index < -0.39 is 15.8 Å². The number of halogens is 1. The number of aryl methyl sites for hydroxylation is 3. The zero-order chi connectivity index (χ0) is 15.8. The van der Waals surface area contributed by atoms with Gasteiger partial charge in [-0.2, -0.15) is 0 Å². The van der Waals surface area contributed by atoms with Crippen LogP contribution in [-0.2, 0) is 10.0 Å². The van der Waals surface area contributed by atoms with Crippen molar-refractivity contribution in [3.63, 3.8) is 0 Å². The molecule has 0 saturated carbocycles. The van der Waals surface area contributed by atoms with Gasteiger partial charge in [0.25, 0.3) is 10.0 Å². The highest BCUT2D eigenvalue weighted by Gasteiger charge is 2.19. The molecule has 3 N–H and O–H groups in total. The number of nitrogens with two attached hydrogens (primary N) is 1. The molecule has 2 rings (SSSR count). The Morgan fingerprint density at radius 2 is 1.57 bits per heavy atom. The molecule has 0 heterocycles. The fraction of sp³-hybridized carbons (Fsp3) is 0.200. The molecule has 6 heteroatoms. The summed E-state index contributed by atoms with van der Waals surface area (Å²) in [5.41, 5.74) is 8.61. The van der Waals surface area contributed by atoms with Crippen LogP contribution in [0.5, 0.6) is 0 Å². The molecule has 2 aromatic rings. The summed E-state index contributed by atoms with van der Waals surface area (Å²) >= 11 is 0. The molecule has 112 valence electrons. The number of sulfonamides is 1. The zero-order valence-corrected chi connectivity index (χ0v) is 12.9. The van der Waals surface area contributed by atoms with Crippen LogP contribution in [0.2, 0.25) is 0 Å². The lowest BCUT2D eigenvalue weighted by Crippen LogP contribution is -2.16. The molecule has 4 nitrogen and oxygen atoms in total. The van der Waals surface area contributed by atoms with Crippen LogP contribution in [0.15, 0.2) is 35.2 Å². The highest BCUT2D eigenvalue weighted by Crippen LogP contribution is 2.27. The zero-order valence-electron chi connectivity index (χ0n) is 12.1. The summed E-state index contributed by atoms with van der Waals surface area (Å²) < 4.78 is 40.6. The van der Waals surface area contributed by atoms with Gasteiger partial charge in [0, 0.05) is 5.69 Å². The van der Waals surface area contributed by atoms with Crippen molar-refractivity contribution in [1.29, 1.82) is 0 Å². The minimum Gasteiger partial charge on any atom is -0.399 e. The summed E-state index contributed by atoms with van der Waals surface area (Å²) in [5.74, 6) is -0.466. The van der Waals surface area contributed by atoms with Crippen molar-refractivity contribution >= 4 is 21.4 Å². The van der Waals surface area contributed by atoms with E-state index >= 15 is 0 Å². The first kappa shape index (κ1) is 15.3. The molecule has 0 unspecified atom stereocenters. The summed E-state index contributed by atoms with van der Waals surface area (Å²) in [5, 5.41) is 0. The van der Waals surface area contributed by atoms with Crippen LogP contribution in [0.3, 0.4) is 0 Å². The van der Waals surface area contributed by atoms with Gasteiger partial charge < -0.3 is 5.73 Å². The van der Waals surface area contributed by atoms with Gasteiger partial charge in [-0.1, -0.05) is 0 Å². The lowest BCUT2D eigenvalue weighted by molar-refractivity contribution is 0.598. The Balaban J connectivity index is 2.47. The maximum absolute atomic E-state index is 13.1. The van der Waals surface area contributed by atoms with Crippen LogP contribution in [0.1, 0.15) is 16.7 Å². The van der Waals surface area contributed by atoms with Gasteiger partial charge in [0.1, 0.15) is 5.82 Å². The standard InChI is InChI=1S/C15H17FN2O2S/c1-9-6-12(16)4-5-14(9)21(19,20)18-15-10(2)7-13(17)8-11(15)3/h4-8,18H,17H2,1-3H3. The molecule has 0 spiro atoms. The molecule has 0 aliphatic carbocycles. The number of anilines is 2.